The van der Waals surface area contributed by atoms with E-state index in [4.69, 9.17) is 0 Å². The molecule has 2 heteroatoms. The molecule has 0 aliphatic carbocycles. The predicted molar refractivity (Wildman–Crippen MR) is 74.4 cm³/mol. The maximum absolute atomic E-state index is 3.49. The molecule has 1 unspecified atom stereocenters. The molecule has 0 amide bonds. The number of rotatable bonds is 5. The van der Waals surface area contributed by atoms with E-state index >= 15 is 0 Å². The third kappa shape index (κ3) is 4.04. The Morgan fingerprint density at radius 1 is 1.12 bits per heavy atom. The largest absolute Gasteiger partial charge is 0.385 e. The molecule has 1 N–H and O–H groups in total. The van der Waals surface area contributed by atoms with Crippen molar-refractivity contribution in [1.82, 2.24) is 4.90 Å². The van der Waals surface area contributed by atoms with E-state index in [0.29, 0.717) is 6.04 Å². The van der Waals surface area contributed by atoms with E-state index in [0.717, 1.165) is 6.54 Å². The van der Waals surface area contributed by atoms with Crippen LogP contribution in [-0.2, 0) is 0 Å². The second-order valence-corrected chi connectivity index (χ2v) is 5.03. The van der Waals surface area contributed by atoms with Crippen LogP contribution in [0.25, 0.3) is 0 Å². The van der Waals surface area contributed by atoms with Crippen LogP contribution in [-0.4, -0.2) is 30.6 Å². The van der Waals surface area contributed by atoms with Crippen LogP contribution in [0.15, 0.2) is 30.3 Å². The zero-order valence-electron chi connectivity index (χ0n) is 10.9. The summed E-state index contributed by atoms with van der Waals surface area (Å²) < 4.78 is 0. The monoisotopic (exact) mass is 232 g/mol. The highest BCUT2D eigenvalue weighted by Gasteiger charge is 2.15. The number of nitrogens with one attached hydrogen (secondary N) is 1. The fraction of sp³-hybridized carbons (Fsp3) is 0.600. The van der Waals surface area contributed by atoms with Crippen molar-refractivity contribution in [3.8, 4) is 0 Å². The normalized spacial score (nSPS) is 18.9. The second kappa shape index (κ2) is 6.65. The van der Waals surface area contributed by atoms with Gasteiger partial charge in [0.2, 0.25) is 0 Å². The van der Waals surface area contributed by atoms with E-state index in [1.54, 1.807) is 0 Å². The Bertz CT molecular complexity index is 304. The lowest BCUT2D eigenvalue weighted by Gasteiger charge is -2.32. The first-order chi connectivity index (χ1) is 8.36. The third-order valence-corrected chi connectivity index (χ3v) is 3.68. The standard InChI is InChI=1S/C15H24N2/c1-14(17-12-6-3-7-13-17)10-11-16-15-8-4-2-5-9-15/h2,4-5,8-9,14,16H,3,6-7,10-13H2,1H3. The molecule has 94 valence electrons. The lowest BCUT2D eigenvalue weighted by atomic mass is 10.1. The van der Waals surface area contributed by atoms with E-state index in [1.807, 2.05) is 0 Å². The smallest absolute Gasteiger partial charge is 0.0340 e. The van der Waals surface area contributed by atoms with Gasteiger partial charge in [-0.15, -0.1) is 0 Å². The van der Waals surface area contributed by atoms with Gasteiger partial charge in [0.1, 0.15) is 0 Å². The first-order valence-electron chi connectivity index (χ1n) is 6.89. The van der Waals surface area contributed by atoms with Gasteiger partial charge < -0.3 is 10.2 Å². The summed E-state index contributed by atoms with van der Waals surface area (Å²) in [6.07, 6.45) is 5.42. The average Bonchev–Trinajstić information content (AvgIpc) is 2.41. The van der Waals surface area contributed by atoms with Gasteiger partial charge in [-0.2, -0.15) is 0 Å². The number of anilines is 1. The summed E-state index contributed by atoms with van der Waals surface area (Å²) >= 11 is 0. The molecule has 1 saturated heterocycles. The van der Waals surface area contributed by atoms with Crippen molar-refractivity contribution in [2.45, 2.75) is 38.6 Å². The predicted octanol–water partition coefficient (Wildman–Crippen LogP) is 3.36. The first kappa shape index (κ1) is 12.4. The summed E-state index contributed by atoms with van der Waals surface area (Å²) in [5.41, 5.74) is 1.23. The van der Waals surface area contributed by atoms with Gasteiger partial charge in [0, 0.05) is 18.3 Å². The highest BCUT2D eigenvalue weighted by atomic mass is 15.2. The van der Waals surface area contributed by atoms with Crippen LogP contribution in [0.4, 0.5) is 5.69 Å². The molecule has 1 heterocycles. The van der Waals surface area contributed by atoms with Crippen LogP contribution in [0.3, 0.4) is 0 Å². The Kier molecular flexibility index (Phi) is 4.87. The van der Waals surface area contributed by atoms with Gasteiger partial charge >= 0.3 is 0 Å². The lowest BCUT2D eigenvalue weighted by molar-refractivity contribution is 0.169. The topological polar surface area (TPSA) is 15.3 Å². The quantitative estimate of drug-likeness (QED) is 0.837. The molecule has 0 aromatic heterocycles. The fourth-order valence-corrected chi connectivity index (χ4v) is 2.52. The van der Waals surface area contributed by atoms with Gasteiger partial charge in [-0.25, -0.2) is 0 Å². The Labute approximate surface area is 105 Å². The number of piperidine rings is 1. The van der Waals surface area contributed by atoms with Crippen molar-refractivity contribution >= 4 is 5.69 Å². The highest BCUT2D eigenvalue weighted by molar-refractivity contribution is 5.42. The number of nitrogens with zero attached hydrogens (tertiary/aromatic N) is 1. The van der Waals surface area contributed by atoms with E-state index < -0.39 is 0 Å². The van der Waals surface area contributed by atoms with Crippen molar-refractivity contribution in [1.29, 1.82) is 0 Å². The molecule has 0 radical (unpaired) electrons. The van der Waals surface area contributed by atoms with Crippen molar-refractivity contribution in [3.05, 3.63) is 30.3 Å². The van der Waals surface area contributed by atoms with Gasteiger partial charge in [0.05, 0.1) is 0 Å². The minimum absolute atomic E-state index is 0.714. The molecule has 1 fully saturated rings. The number of hydrogen-bond donors (Lipinski definition) is 1. The second-order valence-electron chi connectivity index (χ2n) is 5.03. The summed E-state index contributed by atoms with van der Waals surface area (Å²) in [5.74, 6) is 0. The minimum Gasteiger partial charge on any atom is -0.385 e. The molecule has 1 aliphatic rings. The minimum atomic E-state index is 0.714. The SMILES string of the molecule is CC(CCNc1ccccc1)N1CCCCC1. The van der Waals surface area contributed by atoms with Crippen molar-refractivity contribution in [3.63, 3.8) is 0 Å². The molecule has 0 bridgehead atoms. The van der Waals surface area contributed by atoms with Crippen LogP contribution < -0.4 is 5.32 Å². The van der Waals surface area contributed by atoms with Crippen LogP contribution >= 0.6 is 0 Å². The van der Waals surface area contributed by atoms with Crippen LogP contribution in [0.1, 0.15) is 32.6 Å². The number of benzene rings is 1. The van der Waals surface area contributed by atoms with Gasteiger partial charge in [-0.3, -0.25) is 0 Å². The van der Waals surface area contributed by atoms with Crippen LogP contribution in [0, 0.1) is 0 Å². The van der Waals surface area contributed by atoms with Gasteiger partial charge in [-0.1, -0.05) is 24.6 Å². The molecule has 2 rings (SSSR count). The Morgan fingerprint density at radius 3 is 2.53 bits per heavy atom. The maximum Gasteiger partial charge on any atom is 0.0340 e. The third-order valence-electron chi connectivity index (χ3n) is 3.68. The van der Waals surface area contributed by atoms with Gasteiger partial charge in [0.25, 0.3) is 0 Å². The molecule has 2 nitrogen and oxygen atoms in total. The van der Waals surface area contributed by atoms with E-state index in [9.17, 15) is 0 Å². The van der Waals surface area contributed by atoms with Crippen molar-refractivity contribution in [2.75, 3.05) is 25.0 Å². The average molecular weight is 232 g/mol. The number of para-hydroxylation sites is 1. The zero-order chi connectivity index (χ0) is 11.9. The summed E-state index contributed by atoms with van der Waals surface area (Å²) in [7, 11) is 0. The summed E-state index contributed by atoms with van der Waals surface area (Å²) in [4.78, 5) is 2.64. The molecule has 0 spiro atoms. The Morgan fingerprint density at radius 2 is 1.82 bits per heavy atom. The first-order valence-corrected chi connectivity index (χ1v) is 6.89. The lowest BCUT2D eigenvalue weighted by Crippen LogP contribution is -2.38. The van der Waals surface area contributed by atoms with E-state index in [1.165, 1.54) is 44.5 Å². The molecule has 1 aromatic rings. The van der Waals surface area contributed by atoms with Gasteiger partial charge in [0.15, 0.2) is 0 Å². The fourth-order valence-electron chi connectivity index (χ4n) is 2.52. The van der Waals surface area contributed by atoms with Crippen LogP contribution in [0.2, 0.25) is 0 Å². The zero-order valence-corrected chi connectivity index (χ0v) is 10.9. The molecular weight excluding hydrogens is 208 g/mol. The van der Waals surface area contributed by atoms with E-state index in [-0.39, 0.29) is 0 Å². The Hall–Kier alpha value is -1.02. The number of likely N-dealkylation sites (tertiary alicyclic amines) is 1. The maximum atomic E-state index is 3.49. The molecule has 1 aliphatic heterocycles. The van der Waals surface area contributed by atoms with Crippen LogP contribution in [0.5, 0.6) is 0 Å². The summed E-state index contributed by atoms with van der Waals surface area (Å²) in [6, 6.07) is 11.2. The number of hydrogen-bond acceptors (Lipinski definition) is 2. The molecule has 1 aromatic carbocycles. The molecule has 1 atom stereocenters. The van der Waals surface area contributed by atoms with Crippen molar-refractivity contribution in [2.24, 2.45) is 0 Å². The molecular formula is C15H24N2. The Balaban J connectivity index is 1.67. The summed E-state index contributed by atoms with van der Waals surface area (Å²) in [6.45, 7) is 6.03. The summed E-state index contributed by atoms with van der Waals surface area (Å²) in [5, 5.41) is 3.49. The molecule has 17 heavy (non-hydrogen) atoms. The van der Waals surface area contributed by atoms with Gasteiger partial charge in [-0.05, 0) is 51.4 Å². The van der Waals surface area contributed by atoms with E-state index in [2.05, 4.69) is 47.5 Å². The molecule has 0 saturated carbocycles. The van der Waals surface area contributed by atoms with Crippen molar-refractivity contribution < 1.29 is 0 Å². The highest BCUT2D eigenvalue weighted by Crippen LogP contribution is 2.14.